The Hall–Kier alpha value is -4.48. The van der Waals surface area contributed by atoms with Crippen LogP contribution in [0.5, 0.6) is 11.5 Å². The number of carbonyl (C=O) groups excluding carboxylic acids is 4. The number of ether oxygens (including phenoxy) is 4. The summed E-state index contributed by atoms with van der Waals surface area (Å²) in [5, 5.41) is 13.1. The summed E-state index contributed by atoms with van der Waals surface area (Å²) in [5.74, 6) is 1.94. The van der Waals surface area contributed by atoms with Gasteiger partial charge in [0.1, 0.15) is 17.6 Å². The maximum absolute atomic E-state index is 14.0. The summed E-state index contributed by atoms with van der Waals surface area (Å²) in [4.78, 5) is 52.3. The highest BCUT2D eigenvalue weighted by atomic mass is 16.5. The van der Waals surface area contributed by atoms with Crippen molar-refractivity contribution in [1.82, 2.24) is 10.6 Å². The number of nitrogens with one attached hydrogen (secondary N) is 4. The molecule has 11 atom stereocenters. The maximum Gasteiger partial charge on any atom is 0.319 e. The summed E-state index contributed by atoms with van der Waals surface area (Å²) in [6.45, 7) is 8.44. The first-order valence-electron chi connectivity index (χ1n) is 20.0. The van der Waals surface area contributed by atoms with Crippen LogP contribution in [-0.2, 0) is 19.1 Å². The molecule has 4 aliphatic rings. The minimum Gasteiger partial charge on any atom is -0.497 e. The van der Waals surface area contributed by atoms with E-state index in [0.717, 1.165) is 44.9 Å². The Balaban J connectivity index is 1.35. The van der Waals surface area contributed by atoms with E-state index in [-0.39, 0.29) is 88.5 Å². The van der Waals surface area contributed by atoms with Crippen LogP contribution in [0, 0.1) is 46.3 Å². The van der Waals surface area contributed by atoms with E-state index in [1.807, 2.05) is 36.4 Å². The quantitative estimate of drug-likeness (QED) is 0.170. The van der Waals surface area contributed by atoms with Gasteiger partial charge in [0.25, 0.3) is 0 Å². The Morgan fingerprint density at radius 1 is 0.818 bits per heavy atom. The number of hydrogen-bond acceptors (Lipinski definition) is 8. The van der Waals surface area contributed by atoms with Gasteiger partial charge in [-0.05, 0) is 122 Å². The molecule has 4 amide bonds. The van der Waals surface area contributed by atoms with Crippen molar-refractivity contribution in [1.29, 1.82) is 0 Å². The van der Waals surface area contributed by atoms with Crippen molar-refractivity contribution in [3.8, 4) is 11.5 Å². The van der Waals surface area contributed by atoms with Gasteiger partial charge in [0, 0.05) is 48.9 Å². The smallest absolute Gasteiger partial charge is 0.319 e. The molecule has 12 nitrogen and oxygen atoms in total. The Morgan fingerprint density at radius 3 is 2.05 bits per heavy atom. The van der Waals surface area contributed by atoms with E-state index in [1.165, 1.54) is 14.0 Å². The van der Waals surface area contributed by atoms with Crippen LogP contribution in [0.2, 0.25) is 0 Å². The van der Waals surface area contributed by atoms with Gasteiger partial charge < -0.3 is 40.2 Å². The van der Waals surface area contributed by atoms with E-state index in [1.54, 1.807) is 26.4 Å². The third-order valence-electron chi connectivity index (χ3n) is 14.2. The van der Waals surface area contributed by atoms with Gasteiger partial charge in [-0.2, -0.15) is 0 Å². The lowest BCUT2D eigenvalue weighted by Gasteiger charge is -2.65. The van der Waals surface area contributed by atoms with Crippen LogP contribution in [0.3, 0.4) is 0 Å². The molecular weight excluding hydrogens is 700 g/mol. The fourth-order valence-corrected chi connectivity index (χ4v) is 11.6. The molecule has 0 bridgehead atoms. The molecule has 0 unspecified atom stereocenters. The summed E-state index contributed by atoms with van der Waals surface area (Å²) in [6.07, 6.45) is 6.70. The van der Waals surface area contributed by atoms with E-state index < -0.39 is 0 Å². The van der Waals surface area contributed by atoms with E-state index in [2.05, 4.69) is 42.0 Å². The average molecular weight is 761 g/mol. The van der Waals surface area contributed by atoms with Gasteiger partial charge in [0.2, 0.25) is 0 Å². The first-order valence-corrected chi connectivity index (χ1v) is 20.0. The monoisotopic (exact) mass is 760 g/mol. The largest absolute Gasteiger partial charge is 0.497 e. The first kappa shape index (κ1) is 40.2. The molecule has 12 heteroatoms. The molecule has 4 saturated carbocycles. The van der Waals surface area contributed by atoms with Crippen LogP contribution < -0.4 is 30.7 Å². The number of anilines is 2. The van der Waals surface area contributed by atoms with Crippen LogP contribution in [-0.4, -0.2) is 63.5 Å². The summed E-state index contributed by atoms with van der Waals surface area (Å²) < 4.78 is 21.6. The Kier molecular flexibility index (Phi) is 12.2. The topological polar surface area (TPSA) is 153 Å². The summed E-state index contributed by atoms with van der Waals surface area (Å²) >= 11 is 0. The van der Waals surface area contributed by atoms with E-state index >= 15 is 0 Å². The molecule has 2 aromatic rings. The fraction of sp³-hybridized carbons (Fsp3) is 0.628. The van der Waals surface area contributed by atoms with Crippen molar-refractivity contribution in [2.45, 2.75) is 104 Å². The molecule has 55 heavy (non-hydrogen) atoms. The number of methoxy groups -OCH3 is 3. The van der Waals surface area contributed by atoms with Gasteiger partial charge in [-0.1, -0.05) is 32.9 Å². The number of amides is 4. The van der Waals surface area contributed by atoms with E-state index in [9.17, 15) is 19.2 Å². The third-order valence-corrected chi connectivity index (χ3v) is 14.2. The van der Waals surface area contributed by atoms with Crippen molar-refractivity contribution in [2.75, 3.05) is 32.0 Å². The van der Waals surface area contributed by atoms with Gasteiger partial charge in [0.05, 0.1) is 21.3 Å². The molecule has 4 fully saturated rings. The molecule has 4 aliphatic carbocycles. The van der Waals surface area contributed by atoms with Crippen LogP contribution in [0.25, 0.3) is 0 Å². The lowest BCUT2D eigenvalue weighted by molar-refractivity contribution is -0.166. The zero-order chi connectivity index (χ0) is 39.5. The average Bonchev–Trinajstić information content (AvgIpc) is 3.52. The van der Waals surface area contributed by atoms with Gasteiger partial charge in [-0.3, -0.25) is 9.59 Å². The number of carbonyl (C=O) groups is 4. The molecule has 2 aromatic carbocycles. The molecule has 0 aliphatic heterocycles. The molecule has 0 saturated heterocycles. The molecular formula is C43H60N4O8. The Morgan fingerprint density at radius 2 is 1.45 bits per heavy atom. The Labute approximate surface area is 325 Å². The van der Waals surface area contributed by atoms with E-state index in [4.69, 9.17) is 18.9 Å². The highest BCUT2D eigenvalue weighted by Crippen LogP contribution is 2.68. The highest BCUT2D eigenvalue weighted by Gasteiger charge is 2.66. The van der Waals surface area contributed by atoms with Gasteiger partial charge in [-0.15, -0.1) is 0 Å². The summed E-state index contributed by atoms with van der Waals surface area (Å²) in [7, 11) is 4.63. The predicted octanol–water partition coefficient (Wildman–Crippen LogP) is 7.78. The van der Waals surface area contributed by atoms with Crippen LogP contribution in [0.1, 0.15) is 85.5 Å². The molecule has 0 radical (unpaired) electrons. The normalized spacial score (nSPS) is 32.6. The van der Waals surface area contributed by atoms with Crippen molar-refractivity contribution >= 4 is 35.4 Å². The SMILES string of the molecule is COC(=O)CC[C@@H](C)[C@H]1CC[C@H]2[C@@H]3[C@H](NC(=O)Nc4cccc(OC)c4)C[C@@H]4C[C@H](OC(C)=O)CC[C@]4(C)[C@H]3C[C@H](NC(=O)Nc3cccc(OC)c3)[C@]12C. The standard InChI is InChI=1S/C43H60N4O8/c1-25(14-17-38(49)54-7)33-15-16-34-39-35(24-37(43(33,34)4)47-41(51)45-29-11-9-13-31(23-29)53-6)42(3)19-18-32(55-26(2)48)20-27(42)21-36(39)46-40(50)44-28-10-8-12-30(22-28)52-5/h8-13,22-23,25,27,32-37,39H,14-21,24H2,1-7H3,(H2,44,46,50)(H2,45,47,51)/t25-,27+,32-,33-,34+,35+,36-,37+,39+,42+,43-/m1/s1. The zero-order valence-corrected chi connectivity index (χ0v) is 33.4. The summed E-state index contributed by atoms with van der Waals surface area (Å²) in [5.41, 5.74) is 0.856. The van der Waals surface area contributed by atoms with Crippen molar-refractivity contribution < 1.29 is 38.1 Å². The van der Waals surface area contributed by atoms with Crippen LogP contribution >= 0.6 is 0 Å². The second-order valence-electron chi connectivity index (χ2n) is 16.9. The lowest BCUT2D eigenvalue weighted by Crippen LogP contribution is -2.67. The first-order chi connectivity index (χ1) is 26.3. The molecule has 0 spiro atoms. The van der Waals surface area contributed by atoms with Gasteiger partial charge >= 0.3 is 24.0 Å². The number of benzene rings is 2. The van der Waals surface area contributed by atoms with Crippen molar-refractivity contribution in [3.05, 3.63) is 48.5 Å². The van der Waals surface area contributed by atoms with Gasteiger partial charge in [0.15, 0.2) is 0 Å². The second-order valence-corrected chi connectivity index (χ2v) is 16.9. The molecule has 6 rings (SSSR count). The van der Waals surface area contributed by atoms with Crippen LogP contribution in [0.15, 0.2) is 48.5 Å². The number of hydrogen-bond donors (Lipinski definition) is 4. The van der Waals surface area contributed by atoms with Gasteiger partial charge in [-0.25, -0.2) is 9.59 Å². The van der Waals surface area contributed by atoms with Crippen molar-refractivity contribution in [3.63, 3.8) is 0 Å². The van der Waals surface area contributed by atoms with Crippen molar-refractivity contribution in [2.24, 2.45) is 46.3 Å². The molecule has 4 N–H and O–H groups in total. The number of esters is 2. The third kappa shape index (κ3) is 8.38. The lowest BCUT2D eigenvalue weighted by atomic mass is 9.42. The molecule has 0 aromatic heterocycles. The number of fused-ring (bicyclic) bond motifs is 5. The minimum absolute atomic E-state index is 0.0953. The predicted molar refractivity (Wildman–Crippen MR) is 210 cm³/mol. The summed E-state index contributed by atoms with van der Waals surface area (Å²) in [6, 6.07) is 13.8. The van der Waals surface area contributed by atoms with Crippen LogP contribution in [0.4, 0.5) is 21.0 Å². The fourth-order valence-electron chi connectivity index (χ4n) is 11.6. The maximum atomic E-state index is 14.0. The molecule has 300 valence electrons. The highest BCUT2D eigenvalue weighted by molar-refractivity contribution is 5.90. The Bertz CT molecular complexity index is 1720. The van der Waals surface area contributed by atoms with E-state index in [0.29, 0.717) is 35.7 Å². The molecule has 0 heterocycles. The number of rotatable bonds is 11. The second kappa shape index (κ2) is 16.7. The zero-order valence-electron chi connectivity index (χ0n) is 33.4. The minimum atomic E-state index is -0.330. The number of urea groups is 2.